The van der Waals surface area contributed by atoms with Crippen LogP contribution in [-0.2, 0) is 0 Å². The van der Waals surface area contributed by atoms with Gasteiger partial charge in [-0.1, -0.05) is 54.6 Å². The molecule has 4 rings (SSSR count). The molecule has 0 aliphatic heterocycles. The number of fused-ring (bicyclic) bond motifs is 1. The van der Waals surface area contributed by atoms with Gasteiger partial charge in [-0.05, 0) is 62.8 Å². The van der Waals surface area contributed by atoms with E-state index in [4.69, 9.17) is 0 Å². The lowest BCUT2D eigenvalue weighted by atomic mass is 10.0. The van der Waals surface area contributed by atoms with Gasteiger partial charge in [-0.15, -0.1) is 0 Å². The number of rotatable bonds is 3. The molecule has 1 amide bonds. The van der Waals surface area contributed by atoms with Gasteiger partial charge in [0.2, 0.25) is 0 Å². The third kappa shape index (κ3) is 3.57. The number of phenolic OH excluding ortho intramolecular Hbond substituents is 1. The minimum Gasteiger partial charge on any atom is -0.508 e. The van der Waals surface area contributed by atoms with Crippen LogP contribution in [0.25, 0.3) is 21.9 Å². The summed E-state index contributed by atoms with van der Waals surface area (Å²) in [7, 11) is 0. The van der Waals surface area contributed by atoms with Crippen molar-refractivity contribution in [3.8, 4) is 16.9 Å². The third-order valence-corrected chi connectivity index (χ3v) is 5.12. The number of aromatic hydroxyl groups is 1. The van der Waals surface area contributed by atoms with Crippen molar-refractivity contribution < 1.29 is 9.90 Å². The van der Waals surface area contributed by atoms with E-state index in [2.05, 4.69) is 21.2 Å². The van der Waals surface area contributed by atoms with Gasteiger partial charge in [0.15, 0.2) is 0 Å². The van der Waals surface area contributed by atoms with Crippen LogP contribution in [0.4, 0.5) is 5.69 Å². The number of hydrogen-bond acceptors (Lipinski definition) is 2. The van der Waals surface area contributed by atoms with Crippen LogP contribution in [0.1, 0.15) is 10.4 Å². The minimum atomic E-state index is -0.213. The lowest BCUT2D eigenvalue weighted by Gasteiger charge is -2.11. The largest absolute Gasteiger partial charge is 0.508 e. The molecule has 0 bridgehead atoms. The van der Waals surface area contributed by atoms with E-state index in [0.717, 1.165) is 26.4 Å². The molecule has 132 valence electrons. The summed E-state index contributed by atoms with van der Waals surface area (Å²) in [5.41, 5.74) is 3.23. The first-order valence-electron chi connectivity index (χ1n) is 8.50. The van der Waals surface area contributed by atoms with Gasteiger partial charge >= 0.3 is 0 Å². The number of anilines is 1. The maximum absolute atomic E-state index is 12.9. The number of phenols is 1. The third-order valence-electron chi connectivity index (χ3n) is 4.43. The molecule has 0 spiro atoms. The lowest BCUT2D eigenvalue weighted by molar-refractivity contribution is 0.102. The summed E-state index contributed by atoms with van der Waals surface area (Å²) in [4.78, 5) is 12.9. The Morgan fingerprint density at radius 3 is 2.44 bits per heavy atom. The average molecular weight is 418 g/mol. The quantitative estimate of drug-likeness (QED) is 0.415. The van der Waals surface area contributed by atoms with Crippen LogP contribution in [0.15, 0.2) is 89.4 Å². The van der Waals surface area contributed by atoms with E-state index >= 15 is 0 Å². The van der Waals surface area contributed by atoms with Crippen LogP contribution in [0.2, 0.25) is 0 Å². The van der Waals surface area contributed by atoms with Crippen molar-refractivity contribution in [3.63, 3.8) is 0 Å². The molecule has 0 fully saturated rings. The Bertz CT molecular complexity index is 1140. The zero-order chi connectivity index (χ0) is 18.8. The Kier molecular flexibility index (Phi) is 4.65. The van der Waals surface area contributed by atoms with E-state index in [0.29, 0.717) is 11.3 Å². The van der Waals surface area contributed by atoms with Crippen LogP contribution in [0.5, 0.6) is 5.75 Å². The standard InChI is InChI=1S/C23H16BrNO2/c24-21-12-10-17(15-5-2-1-3-6-15)13-20(21)23(27)25-22-8-4-7-16-9-11-18(26)14-19(16)22/h1-14,26H,(H,25,27). The van der Waals surface area contributed by atoms with Gasteiger partial charge in [0.05, 0.1) is 5.56 Å². The molecule has 0 aliphatic rings. The number of hydrogen-bond donors (Lipinski definition) is 2. The highest BCUT2D eigenvalue weighted by molar-refractivity contribution is 9.10. The fraction of sp³-hybridized carbons (Fsp3) is 0. The molecule has 0 saturated heterocycles. The number of nitrogens with one attached hydrogen (secondary N) is 1. The first-order valence-corrected chi connectivity index (χ1v) is 9.29. The Balaban J connectivity index is 1.71. The van der Waals surface area contributed by atoms with Gasteiger partial charge in [0.1, 0.15) is 5.75 Å². The van der Waals surface area contributed by atoms with Gasteiger partial charge in [-0.25, -0.2) is 0 Å². The zero-order valence-corrected chi connectivity index (χ0v) is 15.9. The second-order valence-electron chi connectivity index (χ2n) is 6.23. The fourth-order valence-electron chi connectivity index (χ4n) is 3.07. The molecular formula is C23H16BrNO2. The molecule has 4 heteroatoms. The molecule has 4 aromatic carbocycles. The van der Waals surface area contributed by atoms with Gasteiger partial charge < -0.3 is 10.4 Å². The van der Waals surface area contributed by atoms with E-state index in [9.17, 15) is 9.90 Å². The topological polar surface area (TPSA) is 49.3 Å². The van der Waals surface area contributed by atoms with Crippen LogP contribution in [0, 0.1) is 0 Å². The Morgan fingerprint density at radius 2 is 1.63 bits per heavy atom. The molecule has 0 unspecified atom stereocenters. The van der Waals surface area contributed by atoms with Gasteiger partial charge in [0, 0.05) is 15.5 Å². The number of halogens is 1. The molecule has 0 saturated carbocycles. The summed E-state index contributed by atoms with van der Waals surface area (Å²) in [6, 6.07) is 26.4. The highest BCUT2D eigenvalue weighted by atomic mass is 79.9. The second kappa shape index (κ2) is 7.25. The smallest absolute Gasteiger partial charge is 0.256 e. The number of carbonyl (C=O) groups is 1. The highest BCUT2D eigenvalue weighted by Gasteiger charge is 2.13. The van der Waals surface area contributed by atoms with Crippen molar-refractivity contribution in [3.05, 3.63) is 95.0 Å². The number of carbonyl (C=O) groups excluding carboxylic acids is 1. The van der Waals surface area contributed by atoms with E-state index in [1.165, 1.54) is 0 Å². The molecule has 2 N–H and O–H groups in total. The van der Waals surface area contributed by atoms with Crippen molar-refractivity contribution >= 4 is 38.3 Å². The maximum Gasteiger partial charge on any atom is 0.256 e. The van der Waals surface area contributed by atoms with Crippen molar-refractivity contribution in [1.29, 1.82) is 0 Å². The van der Waals surface area contributed by atoms with E-state index in [1.807, 2.05) is 72.8 Å². The molecule has 0 aliphatic carbocycles. The number of benzene rings is 4. The van der Waals surface area contributed by atoms with Crippen molar-refractivity contribution in [2.45, 2.75) is 0 Å². The molecular weight excluding hydrogens is 402 g/mol. The Labute approximate surface area is 165 Å². The lowest BCUT2D eigenvalue weighted by Crippen LogP contribution is -2.13. The Morgan fingerprint density at radius 1 is 0.815 bits per heavy atom. The molecule has 27 heavy (non-hydrogen) atoms. The van der Waals surface area contributed by atoms with E-state index < -0.39 is 0 Å². The van der Waals surface area contributed by atoms with Gasteiger partial charge in [-0.2, -0.15) is 0 Å². The van der Waals surface area contributed by atoms with Crippen molar-refractivity contribution in [1.82, 2.24) is 0 Å². The summed E-state index contributed by atoms with van der Waals surface area (Å²) in [5, 5.41) is 14.5. The molecule has 4 aromatic rings. The molecule has 0 heterocycles. The monoisotopic (exact) mass is 417 g/mol. The average Bonchev–Trinajstić information content (AvgIpc) is 2.69. The minimum absolute atomic E-state index is 0.163. The molecule has 0 atom stereocenters. The predicted molar refractivity (Wildman–Crippen MR) is 113 cm³/mol. The SMILES string of the molecule is O=C(Nc1cccc2ccc(O)cc12)c1cc(-c2ccccc2)ccc1Br. The zero-order valence-electron chi connectivity index (χ0n) is 14.3. The van der Waals surface area contributed by atoms with E-state index in [1.54, 1.807) is 12.1 Å². The van der Waals surface area contributed by atoms with Crippen LogP contribution in [0.3, 0.4) is 0 Å². The van der Waals surface area contributed by atoms with Gasteiger partial charge in [-0.3, -0.25) is 4.79 Å². The summed E-state index contributed by atoms with van der Waals surface area (Å²) in [6.45, 7) is 0. The molecule has 0 radical (unpaired) electrons. The predicted octanol–water partition coefficient (Wildman–Crippen LogP) is 6.23. The summed E-state index contributed by atoms with van der Waals surface area (Å²) < 4.78 is 0.725. The first-order chi connectivity index (χ1) is 13.1. The molecule has 3 nitrogen and oxygen atoms in total. The molecule has 0 aromatic heterocycles. The number of amides is 1. The fourth-order valence-corrected chi connectivity index (χ4v) is 3.50. The highest BCUT2D eigenvalue weighted by Crippen LogP contribution is 2.29. The normalized spacial score (nSPS) is 10.7. The van der Waals surface area contributed by atoms with Crippen molar-refractivity contribution in [2.75, 3.05) is 5.32 Å². The van der Waals surface area contributed by atoms with Crippen LogP contribution in [-0.4, -0.2) is 11.0 Å². The Hall–Kier alpha value is -3.11. The maximum atomic E-state index is 12.9. The summed E-state index contributed by atoms with van der Waals surface area (Å²) in [6.07, 6.45) is 0. The van der Waals surface area contributed by atoms with Gasteiger partial charge in [0.25, 0.3) is 5.91 Å². The summed E-state index contributed by atoms with van der Waals surface area (Å²) in [5.74, 6) is -0.0491. The second-order valence-corrected chi connectivity index (χ2v) is 7.08. The first kappa shape index (κ1) is 17.3. The van der Waals surface area contributed by atoms with Crippen LogP contribution >= 0.6 is 15.9 Å². The van der Waals surface area contributed by atoms with Crippen molar-refractivity contribution in [2.24, 2.45) is 0 Å². The van der Waals surface area contributed by atoms with Crippen LogP contribution < -0.4 is 5.32 Å². The summed E-state index contributed by atoms with van der Waals surface area (Å²) >= 11 is 3.48. The van der Waals surface area contributed by atoms with E-state index in [-0.39, 0.29) is 11.7 Å².